The Morgan fingerprint density at radius 1 is 0.750 bits per heavy atom. The Labute approximate surface area is 198 Å². The van der Waals surface area contributed by atoms with Crippen LogP contribution in [0.4, 0.5) is 0 Å². The Balaban J connectivity index is 3.82. The first kappa shape index (κ1) is 30.6. The van der Waals surface area contributed by atoms with Crippen LogP contribution in [-0.2, 0) is 4.79 Å². The molecular weight excluding hydrogens is 398 g/mol. The van der Waals surface area contributed by atoms with Gasteiger partial charge in [-0.15, -0.1) is 0 Å². The Bertz CT molecular complexity index is 499. The fraction of sp³-hybridized carbons (Fsp3) is 0.750. The van der Waals surface area contributed by atoms with E-state index in [9.17, 15) is 15.0 Å². The molecule has 0 saturated heterocycles. The third kappa shape index (κ3) is 20.5. The van der Waals surface area contributed by atoms with E-state index in [4.69, 9.17) is 0 Å². The lowest BCUT2D eigenvalue weighted by Gasteiger charge is -2.19. The average molecular weight is 450 g/mol. The predicted octanol–water partition coefficient (Wildman–Crippen LogP) is 6.77. The molecule has 1 amide bonds. The molecular formula is C28H51NO3. The molecule has 3 N–H and O–H groups in total. The molecule has 4 heteroatoms. The van der Waals surface area contributed by atoms with E-state index in [-0.39, 0.29) is 12.5 Å². The fourth-order valence-corrected chi connectivity index (χ4v) is 3.57. The predicted molar refractivity (Wildman–Crippen MR) is 138 cm³/mol. The maximum Gasteiger partial charge on any atom is 0.220 e. The number of hydrogen-bond acceptors (Lipinski definition) is 3. The van der Waals surface area contributed by atoms with Gasteiger partial charge in [0.15, 0.2) is 0 Å². The summed E-state index contributed by atoms with van der Waals surface area (Å²) < 4.78 is 0. The van der Waals surface area contributed by atoms with Crippen molar-refractivity contribution in [3.8, 4) is 0 Å². The van der Waals surface area contributed by atoms with Crippen LogP contribution < -0.4 is 5.32 Å². The Kier molecular flexibility index (Phi) is 23.2. The van der Waals surface area contributed by atoms with Crippen molar-refractivity contribution in [3.63, 3.8) is 0 Å². The highest BCUT2D eigenvalue weighted by atomic mass is 16.3. The zero-order chi connectivity index (χ0) is 23.7. The maximum atomic E-state index is 12.1. The van der Waals surface area contributed by atoms with Gasteiger partial charge in [0.2, 0.25) is 5.91 Å². The largest absolute Gasteiger partial charge is 0.394 e. The Hall–Kier alpha value is -1.39. The van der Waals surface area contributed by atoms with Gasteiger partial charge < -0.3 is 15.5 Å². The third-order valence-corrected chi connectivity index (χ3v) is 5.62. The van der Waals surface area contributed by atoms with Crippen LogP contribution in [0.3, 0.4) is 0 Å². The second kappa shape index (κ2) is 24.3. The molecule has 0 bridgehead atoms. The van der Waals surface area contributed by atoms with Gasteiger partial charge in [0.05, 0.1) is 18.8 Å². The van der Waals surface area contributed by atoms with Crippen LogP contribution in [0.2, 0.25) is 0 Å². The van der Waals surface area contributed by atoms with Crippen molar-refractivity contribution in [2.45, 2.75) is 129 Å². The molecule has 0 radical (unpaired) electrons. The number of aliphatic hydroxyl groups is 2. The number of amides is 1. The fourth-order valence-electron chi connectivity index (χ4n) is 3.57. The number of hydrogen-bond donors (Lipinski definition) is 3. The lowest BCUT2D eigenvalue weighted by atomic mass is 10.1. The Morgan fingerprint density at radius 2 is 1.25 bits per heavy atom. The summed E-state index contributed by atoms with van der Waals surface area (Å²) in [6, 6.07) is -0.636. The van der Waals surface area contributed by atoms with E-state index in [1.807, 2.05) is 6.08 Å². The summed E-state index contributed by atoms with van der Waals surface area (Å²) >= 11 is 0. The van der Waals surface area contributed by atoms with Gasteiger partial charge in [0.25, 0.3) is 0 Å². The molecule has 0 aromatic carbocycles. The van der Waals surface area contributed by atoms with E-state index in [1.165, 1.54) is 51.4 Å². The number of rotatable bonds is 22. The van der Waals surface area contributed by atoms with Crippen molar-refractivity contribution < 1.29 is 15.0 Å². The van der Waals surface area contributed by atoms with E-state index in [0.29, 0.717) is 6.42 Å². The van der Waals surface area contributed by atoms with Gasteiger partial charge in [-0.2, -0.15) is 0 Å². The average Bonchev–Trinajstić information content (AvgIpc) is 2.79. The van der Waals surface area contributed by atoms with E-state index < -0.39 is 12.1 Å². The van der Waals surface area contributed by atoms with Crippen molar-refractivity contribution in [1.29, 1.82) is 0 Å². The molecule has 0 spiro atoms. The van der Waals surface area contributed by atoms with Gasteiger partial charge in [0.1, 0.15) is 0 Å². The summed E-state index contributed by atoms with van der Waals surface area (Å²) in [7, 11) is 0. The highest BCUT2D eigenvalue weighted by molar-refractivity contribution is 5.76. The van der Waals surface area contributed by atoms with E-state index in [1.54, 1.807) is 6.08 Å². The van der Waals surface area contributed by atoms with Crippen LogP contribution in [0.5, 0.6) is 0 Å². The molecule has 0 aliphatic rings. The number of aliphatic hydroxyl groups excluding tert-OH is 2. The highest BCUT2D eigenvalue weighted by Gasteiger charge is 2.17. The second-order valence-electron chi connectivity index (χ2n) is 8.71. The molecule has 0 aromatic heterocycles. The summed E-state index contributed by atoms with van der Waals surface area (Å²) in [5, 5.41) is 22.5. The summed E-state index contributed by atoms with van der Waals surface area (Å²) in [6.07, 6.45) is 29.3. The Morgan fingerprint density at radius 3 is 1.78 bits per heavy atom. The first-order chi connectivity index (χ1) is 15.7. The van der Waals surface area contributed by atoms with Crippen LogP contribution in [-0.4, -0.2) is 34.9 Å². The van der Waals surface area contributed by atoms with Crippen molar-refractivity contribution in [3.05, 3.63) is 36.5 Å². The second-order valence-corrected chi connectivity index (χ2v) is 8.71. The summed E-state index contributed by atoms with van der Waals surface area (Å²) in [6.45, 7) is 4.12. The van der Waals surface area contributed by atoms with Crippen LogP contribution in [0.25, 0.3) is 0 Å². The maximum absolute atomic E-state index is 12.1. The minimum absolute atomic E-state index is 0.0869. The third-order valence-electron chi connectivity index (χ3n) is 5.62. The minimum atomic E-state index is -0.861. The van der Waals surface area contributed by atoms with Crippen molar-refractivity contribution >= 4 is 5.91 Å². The molecule has 0 aliphatic heterocycles. The lowest BCUT2D eigenvalue weighted by Crippen LogP contribution is -2.45. The molecule has 186 valence electrons. The minimum Gasteiger partial charge on any atom is -0.394 e. The van der Waals surface area contributed by atoms with Crippen molar-refractivity contribution in [1.82, 2.24) is 5.32 Å². The van der Waals surface area contributed by atoms with Crippen molar-refractivity contribution in [2.24, 2.45) is 0 Å². The number of nitrogens with one attached hydrogen (secondary N) is 1. The standard InChI is InChI=1S/C28H51NO3/c1-3-5-7-9-11-13-15-17-19-21-23-27(31)26(25-30)29-28(32)24-22-20-18-16-14-12-10-8-6-4-2/h5,7,13,15,21,23,26-27,30-31H,3-4,6,8-12,14,16-20,22,24-25H2,1-2H3,(H,29,32)/b7-5+,15-13+,23-21+. The molecule has 0 aliphatic carbocycles. The molecule has 0 fully saturated rings. The van der Waals surface area contributed by atoms with E-state index in [0.717, 1.165) is 44.9 Å². The monoisotopic (exact) mass is 449 g/mol. The van der Waals surface area contributed by atoms with Crippen molar-refractivity contribution in [2.75, 3.05) is 6.61 Å². The van der Waals surface area contributed by atoms with E-state index in [2.05, 4.69) is 43.5 Å². The highest BCUT2D eigenvalue weighted by Crippen LogP contribution is 2.11. The molecule has 0 saturated carbocycles. The smallest absolute Gasteiger partial charge is 0.220 e. The molecule has 2 unspecified atom stereocenters. The molecule has 0 heterocycles. The van der Waals surface area contributed by atoms with Crippen LogP contribution in [0.1, 0.15) is 117 Å². The lowest BCUT2D eigenvalue weighted by molar-refractivity contribution is -0.123. The molecule has 0 rings (SSSR count). The quantitative estimate of drug-likeness (QED) is 0.126. The molecule has 0 aromatic rings. The molecule has 32 heavy (non-hydrogen) atoms. The van der Waals surface area contributed by atoms with E-state index >= 15 is 0 Å². The van der Waals surface area contributed by atoms with Crippen LogP contribution in [0, 0.1) is 0 Å². The van der Waals surface area contributed by atoms with Crippen LogP contribution in [0.15, 0.2) is 36.5 Å². The van der Waals surface area contributed by atoms with Gasteiger partial charge in [-0.25, -0.2) is 0 Å². The zero-order valence-corrected chi connectivity index (χ0v) is 20.9. The number of carbonyl (C=O) groups excluding carboxylic acids is 1. The topological polar surface area (TPSA) is 69.6 Å². The SMILES string of the molecule is CC/C=C/CC/C=C/CC/C=C/C(O)C(CO)NC(=O)CCCCCCCCCCCC. The van der Waals surface area contributed by atoms with Gasteiger partial charge in [-0.3, -0.25) is 4.79 Å². The van der Waals surface area contributed by atoms with Gasteiger partial charge >= 0.3 is 0 Å². The molecule has 2 atom stereocenters. The van der Waals surface area contributed by atoms with Gasteiger partial charge in [0, 0.05) is 6.42 Å². The normalized spacial score (nSPS) is 14.0. The number of allylic oxidation sites excluding steroid dienone is 5. The summed E-state index contributed by atoms with van der Waals surface area (Å²) in [4.78, 5) is 12.1. The summed E-state index contributed by atoms with van der Waals surface area (Å²) in [5.41, 5.74) is 0. The number of unbranched alkanes of at least 4 members (excludes halogenated alkanes) is 11. The first-order valence-electron chi connectivity index (χ1n) is 13.2. The van der Waals surface area contributed by atoms with Crippen LogP contribution >= 0.6 is 0 Å². The van der Waals surface area contributed by atoms with Gasteiger partial charge in [-0.1, -0.05) is 108 Å². The van der Waals surface area contributed by atoms with Gasteiger partial charge in [-0.05, 0) is 38.5 Å². The molecule has 4 nitrogen and oxygen atoms in total. The zero-order valence-electron chi connectivity index (χ0n) is 20.9. The number of carbonyl (C=O) groups is 1. The first-order valence-corrected chi connectivity index (χ1v) is 13.2. The summed E-state index contributed by atoms with van der Waals surface area (Å²) in [5.74, 6) is -0.0869.